The van der Waals surface area contributed by atoms with Crippen LogP contribution in [0.3, 0.4) is 0 Å². The molecule has 1 N–H and O–H groups in total. The molecule has 1 aromatic heterocycles. The monoisotopic (exact) mass is 271 g/mol. The molecular weight excluding hydrogens is 264 g/mol. The van der Waals surface area contributed by atoms with Gasteiger partial charge in [-0.1, -0.05) is 11.3 Å². The molecule has 0 saturated carbocycles. The maximum atomic E-state index is 13.6. The maximum absolute atomic E-state index is 13.6. The number of aliphatic carboxylic acids is 1. The molecule has 0 radical (unpaired) electrons. The number of thiazole rings is 1. The third kappa shape index (κ3) is 2.30. The molecule has 94 valence electrons. The minimum absolute atomic E-state index is 0.0596. The van der Waals surface area contributed by atoms with Crippen LogP contribution in [-0.4, -0.2) is 15.6 Å². The highest BCUT2D eigenvalue weighted by atomic mass is 32.1. The molecular formula is C11H7F2NO3S. The first-order valence-electron chi connectivity index (χ1n) is 4.84. The average Bonchev–Trinajstić information content (AvgIpc) is 2.64. The van der Waals surface area contributed by atoms with Crippen molar-refractivity contribution in [2.45, 2.75) is 6.54 Å². The molecule has 2 rings (SSSR count). The van der Waals surface area contributed by atoms with Crippen molar-refractivity contribution < 1.29 is 18.7 Å². The molecule has 0 bridgehead atoms. The molecule has 0 amide bonds. The fourth-order valence-electron chi connectivity index (χ4n) is 1.52. The summed E-state index contributed by atoms with van der Waals surface area (Å²) in [6.07, 6.45) is 0. The number of hydrogen-bond donors (Lipinski definition) is 1. The minimum atomic E-state index is -1.23. The van der Waals surface area contributed by atoms with Gasteiger partial charge in [0.1, 0.15) is 18.2 Å². The van der Waals surface area contributed by atoms with Gasteiger partial charge in [-0.15, -0.1) is 0 Å². The average molecular weight is 271 g/mol. The number of rotatable bonds is 3. The van der Waals surface area contributed by atoms with Crippen LogP contribution in [0.4, 0.5) is 8.78 Å². The Balaban J connectivity index is 2.60. The summed E-state index contributed by atoms with van der Waals surface area (Å²) >= 11 is 0.737. The van der Waals surface area contributed by atoms with Crippen molar-refractivity contribution in [3.05, 3.63) is 44.9 Å². The van der Waals surface area contributed by atoms with Crippen LogP contribution < -0.4 is 4.87 Å². The van der Waals surface area contributed by atoms with Crippen molar-refractivity contribution in [2.24, 2.45) is 0 Å². The summed E-state index contributed by atoms with van der Waals surface area (Å²) in [4.78, 5) is 21.5. The largest absolute Gasteiger partial charge is 0.480 e. The third-order valence-electron chi connectivity index (χ3n) is 2.28. The van der Waals surface area contributed by atoms with Gasteiger partial charge in [0.25, 0.3) is 0 Å². The highest BCUT2D eigenvalue weighted by molar-refractivity contribution is 7.07. The molecule has 7 heteroatoms. The molecule has 1 heterocycles. The van der Waals surface area contributed by atoms with Crippen LogP contribution in [0.1, 0.15) is 0 Å². The molecule has 1 aromatic carbocycles. The molecule has 0 unspecified atom stereocenters. The molecule has 18 heavy (non-hydrogen) atoms. The molecule has 0 aliphatic carbocycles. The summed E-state index contributed by atoms with van der Waals surface area (Å²) in [5.74, 6) is -2.60. The van der Waals surface area contributed by atoms with Crippen molar-refractivity contribution in [1.29, 1.82) is 0 Å². The molecule has 0 fully saturated rings. The van der Waals surface area contributed by atoms with E-state index in [0.29, 0.717) is 0 Å². The van der Waals surface area contributed by atoms with E-state index in [2.05, 4.69) is 0 Å². The Morgan fingerprint density at radius 3 is 2.78 bits per heavy atom. The number of carbonyl (C=O) groups is 1. The summed E-state index contributed by atoms with van der Waals surface area (Å²) in [6, 6.07) is 2.80. The Morgan fingerprint density at radius 1 is 1.39 bits per heavy atom. The molecule has 0 aliphatic rings. The lowest BCUT2D eigenvalue weighted by molar-refractivity contribution is -0.137. The molecule has 0 saturated heterocycles. The first-order chi connectivity index (χ1) is 8.49. The van der Waals surface area contributed by atoms with Gasteiger partial charge in [-0.3, -0.25) is 14.2 Å². The number of benzene rings is 1. The third-order valence-corrected chi connectivity index (χ3v) is 3.04. The maximum Gasteiger partial charge on any atom is 0.323 e. The summed E-state index contributed by atoms with van der Waals surface area (Å²) < 4.78 is 27.5. The van der Waals surface area contributed by atoms with Gasteiger partial charge in [-0.25, -0.2) is 8.78 Å². The standard InChI is InChI=1S/C11H7F2NO3S/c12-6-1-2-8(13)7(3-6)9-5-18-11(17)14(9)4-10(15)16/h1-3,5H,4H2,(H,15,16). The number of aromatic nitrogens is 1. The van der Waals surface area contributed by atoms with Crippen LogP contribution in [0.15, 0.2) is 28.4 Å². The Bertz CT molecular complexity index is 663. The quantitative estimate of drug-likeness (QED) is 0.928. The molecule has 0 aliphatic heterocycles. The predicted octanol–water partition coefficient (Wildman–Crippen LogP) is 1.94. The second kappa shape index (κ2) is 4.69. The van der Waals surface area contributed by atoms with Crippen molar-refractivity contribution in [3.63, 3.8) is 0 Å². The van der Waals surface area contributed by atoms with Gasteiger partial charge in [-0.05, 0) is 18.2 Å². The van der Waals surface area contributed by atoms with Crippen molar-refractivity contribution in [3.8, 4) is 11.3 Å². The lowest BCUT2D eigenvalue weighted by atomic mass is 10.1. The van der Waals surface area contributed by atoms with Gasteiger partial charge in [0, 0.05) is 10.9 Å². The van der Waals surface area contributed by atoms with Crippen LogP contribution in [0.2, 0.25) is 0 Å². The minimum Gasteiger partial charge on any atom is -0.480 e. The molecule has 4 nitrogen and oxygen atoms in total. The molecule has 2 aromatic rings. The normalized spacial score (nSPS) is 10.6. The van der Waals surface area contributed by atoms with Gasteiger partial charge in [0.05, 0.1) is 5.69 Å². The van der Waals surface area contributed by atoms with E-state index < -0.39 is 29.0 Å². The summed E-state index contributed by atoms with van der Waals surface area (Å²) in [5, 5.41) is 9.99. The van der Waals surface area contributed by atoms with Gasteiger partial charge in [0.2, 0.25) is 0 Å². The summed E-state index contributed by atoms with van der Waals surface area (Å²) in [6.45, 7) is -0.590. The zero-order chi connectivity index (χ0) is 13.3. The van der Waals surface area contributed by atoms with Crippen LogP contribution in [0.5, 0.6) is 0 Å². The van der Waals surface area contributed by atoms with Gasteiger partial charge in [-0.2, -0.15) is 0 Å². The summed E-state index contributed by atoms with van der Waals surface area (Å²) in [5.41, 5.74) is -0.0704. The number of hydrogen-bond acceptors (Lipinski definition) is 3. The molecule has 0 atom stereocenters. The Kier molecular flexibility index (Phi) is 3.24. The number of carboxylic acids is 1. The van der Waals surface area contributed by atoms with Crippen LogP contribution in [-0.2, 0) is 11.3 Å². The highest BCUT2D eigenvalue weighted by Crippen LogP contribution is 2.24. The number of halogens is 2. The van der Waals surface area contributed by atoms with Crippen LogP contribution >= 0.6 is 11.3 Å². The fourth-order valence-corrected chi connectivity index (χ4v) is 2.28. The van der Waals surface area contributed by atoms with Crippen LogP contribution in [0, 0.1) is 11.6 Å². The van der Waals surface area contributed by atoms with E-state index in [9.17, 15) is 18.4 Å². The Labute approximate surface area is 104 Å². The van der Waals surface area contributed by atoms with Gasteiger partial charge >= 0.3 is 10.8 Å². The van der Waals surface area contributed by atoms with Crippen molar-refractivity contribution in [2.75, 3.05) is 0 Å². The lowest BCUT2D eigenvalue weighted by Gasteiger charge is -2.06. The van der Waals surface area contributed by atoms with Crippen molar-refractivity contribution in [1.82, 2.24) is 4.57 Å². The number of carboxylic acid groups (broad SMARTS) is 1. The Morgan fingerprint density at radius 2 is 2.11 bits per heavy atom. The summed E-state index contributed by atoms with van der Waals surface area (Å²) in [7, 11) is 0. The zero-order valence-electron chi connectivity index (χ0n) is 8.89. The van der Waals surface area contributed by atoms with E-state index in [-0.39, 0.29) is 11.3 Å². The first-order valence-corrected chi connectivity index (χ1v) is 5.72. The smallest absolute Gasteiger partial charge is 0.323 e. The SMILES string of the molecule is O=C(O)Cn1c(-c2cc(F)ccc2F)csc1=O. The van der Waals surface area contributed by atoms with Gasteiger partial charge in [0.15, 0.2) is 0 Å². The van der Waals surface area contributed by atoms with Crippen molar-refractivity contribution >= 4 is 17.3 Å². The fraction of sp³-hybridized carbons (Fsp3) is 0.0909. The second-order valence-electron chi connectivity index (χ2n) is 3.49. The van der Waals surface area contributed by atoms with E-state index >= 15 is 0 Å². The van der Waals surface area contributed by atoms with E-state index in [1.165, 1.54) is 5.38 Å². The molecule has 0 spiro atoms. The van der Waals surface area contributed by atoms with Gasteiger partial charge < -0.3 is 5.11 Å². The van der Waals surface area contributed by atoms with E-state index in [0.717, 1.165) is 34.1 Å². The topological polar surface area (TPSA) is 59.3 Å². The lowest BCUT2D eigenvalue weighted by Crippen LogP contribution is -2.20. The predicted molar refractivity (Wildman–Crippen MR) is 61.6 cm³/mol. The highest BCUT2D eigenvalue weighted by Gasteiger charge is 2.15. The second-order valence-corrected chi connectivity index (χ2v) is 4.31. The van der Waals surface area contributed by atoms with Crippen LogP contribution in [0.25, 0.3) is 11.3 Å². The van der Waals surface area contributed by atoms with E-state index in [4.69, 9.17) is 5.11 Å². The van der Waals surface area contributed by atoms with E-state index in [1.54, 1.807) is 0 Å². The first kappa shape index (κ1) is 12.4. The Hall–Kier alpha value is -2.02. The van der Waals surface area contributed by atoms with E-state index in [1.807, 2.05) is 0 Å². The zero-order valence-corrected chi connectivity index (χ0v) is 9.71. The number of nitrogens with zero attached hydrogens (tertiary/aromatic N) is 1.